The fourth-order valence-corrected chi connectivity index (χ4v) is 6.60. The maximum atomic E-state index is 14.2. The number of nitrogens with zero attached hydrogens (tertiary/aromatic N) is 2. The molecule has 0 radical (unpaired) electrons. The van der Waals surface area contributed by atoms with Gasteiger partial charge in [0.25, 0.3) is 5.56 Å². The van der Waals surface area contributed by atoms with Gasteiger partial charge in [0.2, 0.25) is 0 Å². The largest absolute Gasteiger partial charge is 0.494 e. The summed E-state index contributed by atoms with van der Waals surface area (Å²) in [5.74, 6) is 0.452. The lowest BCUT2D eigenvalue weighted by Crippen LogP contribution is -2.40. The second-order valence-corrected chi connectivity index (χ2v) is 12.2. The summed E-state index contributed by atoms with van der Waals surface area (Å²) >= 11 is 1.26. The molecule has 4 aromatic carbocycles. The zero-order chi connectivity index (χ0) is 35.0. The molecular weight excluding hydrogens is 653 g/mol. The molecule has 0 amide bonds. The maximum absolute atomic E-state index is 14.2. The lowest BCUT2D eigenvalue weighted by molar-refractivity contribution is -0.138. The first-order valence-electron chi connectivity index (χ1n) is 16.4. The monoisotopic (exact) mass is 688 g/mol. The second-order valence-electron chi connectivity index (χ2n) is 11.2. The van der Waals surface area contributed by atoms with Gasteiger partial charge in [-0.05, 0) is 79.9 Å². The van der Waals surface area contributed by atoms with E-state index in [0.29, 0.717) is 51.9 Å². The summed E-state index contributed by atoms with van der Waals surface area (Å²) in [5.41, 5.74) is 4.15. The van der Waals surface area contributed by atoms with E-state index in [4.69, 9.17) is 23.9 Å². The molecule has 0 N–H and O–H groups in total. The summed E-state index contributed by atoms with van der Waals surface area (Å²) in [7, 11) is 0. The number of hydrogen-bond donors (Lipinski definition) is 0. The molecule has 0 fully saturated rings. The van der Waals surface area contributed by atoms with Gasteiger partial charge in [0.15, 0.2) is 4.80 Å². The molecule has 1 atom stereocenters. The van der Waals surface area contributed by atoms with Gasteiger partial charge in [0.1, 0.15) is 18.1 Å². The quantitative estimate of drug-likeness (QED) is 0.146. The first-order chi connectivity index (χ1) is 24.4. The first-order valence-corrected chi connectivity index (χ1v) is 17.2. The average Bonchev–Trinajstić information content (AvgIpc) is 3.45. The third-order valence-electron chi connectivity index (χ3n) is 7.93. The van der Waals surface area contributed by atoms with Gasteiger partial charge >= 0.3 is 11.9 Å². The first kappa shape index (κ1) is 34.1. The summed E-state index contributed by atoms with van der Waals surface area (Å²) in [6.07, 6.45) is 1.81. The van der Waals surface area contributed by atoms with Crippen molar-refractivity contribution in [3.8, 4) is 11.5 Å². The molecule has 5 aromatic rings. The van der Waals surface area contributed by atoms with Crippen molar-refractivity contribution >= 4 is 35.0 Å². The summed E-state index contributed by atoms with van der Waals surface area (Å²) in [4.78, 5) is 45.2. The third kappa shape index (κ3) is 7.45. The summed E-state index contributed by atoms with van der Waals surface area (Å²) in [5, 5.41) is 0. The van der Waals surface area contributed by atoms with Crippen molar-refractivity contribution < 1.29 is 28.5 Å². The van der Waals surface area contributed by atoms with Crippen molar-refractivity contribution in [3.05, 3.63) is 156 Å². The summed E-state index contributed by atoms with van der Waals surface area (Å²) in [6.45, 7) is 6.77. The van der Waals surface area contributed by atoms with Crippen LogP contribution < -0.4 is 24.4 Å². The van der Waals surface area contributed by atoms with E-state index in [0.717, 1.165) is 22.3 Å². The molecule has 10 heteroatoms. The molecule has 0 saturated heterocycles. The minimum absolute atomic E-state index is 0.173. The molecule has 2 heterocycles. The highest BCUT2D eigenvalue weighted by Crippen LogP contribution is 2.35. The van der Waals surface area contributed by atoms with Crippen LogP contribution in [0.1, 0.15) is 59.4 Å². The average molecular weight is 689 g/mol. The number of rotatable bonds is 12. The Bertz CT molecular complexity index is 2190. The Labute approximate surface area is 293 Å². The molecule has 1 aliphatic rings. The SMILES string of the molecule is CCOC(=O)C1=C(c2ccccc2)N=c2s/c(=C\c3ccc(OCc4ccc(C(=O)OCC)cc4)cc3)c(=O)n2[C@@H]1c1ccc(OCC)cc1. The smallest absolute Gasteiger partial charge is 0.338 e. The predicted octanol–water partition coefficient (Wildman–Crippen LogP) is 6.09. The van der Waals surface area contributed by atoms with Crippen molar-refractivity contribution in [2.24, 2.45) is 4.99 Å². The Hall–Kier alpha value is -5.74. The van der Waals surface area contributed by atoms with E-state index in [1.54, 1.807) is 30.5 Å². The number of benzene rings is 4. The molecule has 0 saturated carbocycles. The van der Waals surface area contributed by atoms with Crippen LogP contribution in [-0.4, -0.2) is 36.3 Å². The van der Waals surface area contributed by atoms with Gasteiger partial charge in [-0.3, -0.25) is 9.36 Å². The van der Waals surface area contributed by atoms with Crippen LogP contribution in [0.4, 0.5) is 0 Å². The highest BCUT2D eigenvalue weighted by Gasteiger charge is 2.35. The van der Waals surface area contributed by atoms with E-state index in [1.165, 1.54) is 11.3 Å². The molecule has 0 bridgehead atoms. The van der Waals surface area contributed by atoms with Gasteiger partial charge in [-0.1, -0.05) is 78.1 Å². The zero-order valence-corrected chi connectivity index (χ0v) is 28.8. The van der Waals surface area contributed by atoms with Crippen molar-refractivity contribution in [2.75, 3.05) is 19.8 Å². The maximum Gasteiger partial charge on any atom is 0.338 e. The number of ether oxygens (including phenoxy) is 4. The van der Waals surface area contributed by atoms with E-state index >= 15 is 0 Å². The van der Waals surface area contributed by atoms with E-state index in [2.05, 4.69) is 0 Å². The van der Waals surface area contributed by atoms with Gasteiger partial charge in [-0.2, -0.15) is 0 Å². The van der Waals surface area contributed by atoms with Gasteiger partial charge in [0, 0.05) is 5.56 Å². The van der Waals surface area contributed by atoms with Crippen LogP contribution in [0.15, 0.2) is 118 Å². The Morgan fingerprint density at radius 3 is 2.06 bits per heavy atom. The molecule has 0 spiro atoms. The minimum atomic E-state index is -0.777. The Morgan fingerprint density at radius 2 is 1.40 bits per heavy atom. The van der Waals surface area contributed by atoms with Crippen molar-refractivity contribution in [1.82, 2.24) is 4.57 Å². The fraction of sp³-hybridized carbons (Fsp3) is 0.200. The Kier molecular flexibility index (Phi) is 10.7. The second kappa shape index (κ2) is 15.7. The molecule has 9 nitrogen and oxygen atoms in total. The number of esters is 2. The van der Waals surface area contributed by atoms with E-state index in [9.17, 15) is 14.4 Å². The predicted molar refractivity (Wildman–Crippen MR) is 192 cm³/mol. The topological polar surface area (TPSA) is 105 Å². The van der Waals surface area contributed by atoms with Gasteiger partial charge < -0.3 is 18.9 Å². The fourth-order valence-electron chi connectivity index (χ4n) is 5.60. The summed E-state index contributed by atoms with van der Waals surface area (Å²) in [6, 6.07) is 30.6. The Balaban J connectivity index is 1.34. The van der Waals surface area contributed by atoms with E-state index < -0.39 is 12.0 Å². The minimum Gasteiger partial charge on any atom is -0.494 e. The van der Waals surface area contributed by atoms with Gasteiger partial charge in [-0.15, -0.1) is 0 Å². The third-order valence-corrected chi connectivity index (χ3v) is 8.91. The molecule has 0 unspecified atom stereocenters. The highest BCUT2D eigenvalue weighted by atomic mass is 32.1. The van der Waals surface area contributed by atoms with Crippen LogP contribution in [0.25, 0.3) is 11.8 Å². The molecule has 50 heavy (non-hydrogen) atoms. The van der Waals surface area contributed by atoms with Crippen LogP contribution in [0.3, 0.4) is 0 Å². The van der Waals surface area contributed by atoms with Crippen molar-refractivity contribution in [1.29, 1.82) is 0 Å². The zero-order valence-electron chi connectivity index (χ0n) is 28.0. The van der Waals surface area contributed by atoms with E-state index in [-0.39, 0.29) is 23.7 Å². The number of thiazole rings is 1. The molecule has 1 aromatic heterocycles. The number of hydrogen-bond acceptors (Lipinski definition) is 9. The molecule has 1 aliphatic heterocycles. The molecule has 0 aliphatic carbocycles. The normalized spacial score (nSPS) is 14.1. The van der Waals surface area contributed by atoms with E-state index in [1.807, 2.05) is 104 Å². The number of fused-ring (bicyclic) bond motifs is 1. The molecule has 254 valence electrons. The summed E-state index contributed by atoms with van der Waals surface area (Å²) < 4.78 is 24.3. The van der Waals surface area contributed by atoms with Crippen LogP contribution in [0.5, 0.6) is 11.5 Å². The van der Waals surface area contributed by atoms with Crippen LogP contribution in [0.2, 0.25) is 0 Å². The van der Waals surface area contributed by atoms with Crippen LogP contribution in [0, 0.1) is 0 Å². The number of carbonyl (C=O) groups is 2. The van der Waals surface area contributed by atoms with Gasteiger partial charge in [-0.25, -0.2) is 14.6 Å². The molecular formula is C40H36N2O7S. The molecule has 6 rings (SSSR count). The standard InChI is InChI=1S/C40H36N2O7S/c1-4-46-31-22-18-29(19-23-31)36-34(39(45)48-6-3)35(28-10-8-7-9-11-28)41-40-42(36)37(43)33(50-40)24-26-14-20-32(21-15-26)49-25-27-12-16-30(17-13-27)38(44)47-5-2/h7-24,36H,4-6,25H2,1-3H3/b33-24-/t36-/m1/s1. The van der Waals surface area contributed by atoms with Gasteiger partial charge in [0.05, 0.1) is 47.2 Å². The highest BCUT2D eigenvalue weighted by molar-refractivity contribution is 7.07. The Morgan fingerprint density at radius 1 is 0.760 bits per heavy atom. The van der Waals surface area contributed by atoms with Crippen molar-refractivity contribution in [2.45, 2.75) is 33.4 Å². The van der Waals surface area contributed by atoms with Crippen molar-refractivity contribution in [3.63, 3.8) is 0 Å². The lowest BCUT2D eigenvalue weighted by Gasteiger charge is -2.26. The van der Waals surface area contributed by atoms with Crippen LogP contribution in [-0.2, 0) is 20.9 Å². The number of carbonyl (C=O) groups excluding carboxylic acids is 2. The lowest BCUT2D eigenvalue weighted by atomic mass is 9.93. The van der Waals surface area contributed by atoms with Crippen LogP contribution >= 0.6 is 11.3 Å². The number of aromatic nitrogens is 1.